The molecule has 0 spiro atoms. The number of halogens is 7. The molecule has 11 heteroatoms. The number of hydrogen-bond acceptors (Lipinski definition) is 3. The van der Waals surface area contributed by atoms with E-state index in [1.54, 1.807) is 30.3 Å². The number of nitrogens with zero attached hydrogens (tertiary/aromatic N) is 3. The normalized spacial score (nSPS) is 12.1. The first-order chi connectivity index (χ1) is 14.5. The highest BCUT2D eigenvalue weighted by atomic mass is 35.5. The van der Waals surface area contributed by atoms with Gasteiger partial charge in [-0.05, 0) is 23.8 Å². The highest BCUT2D eigenvalue weighted by Gasteiger charge is 2.57. The van der Waals surface area contributed by atoms with Crippen molar-refractivity contribution in [3.63, 3.8) is 0 Å². The summed E-state index contributed by atoms with van der Waals surface area (Å²) in [6, 6.07) is 15.0. The van der Waals surface area contributed by atoms with Crippen LogP contribution >= 0.6 is 23.2 Å². The predicted molar refractivity (Wildman–Crippen MR) is 104 cm³/mol. The molecule has 0 aliphatic rings. The molecule has 0 radical (unpaired) electrons. The van der Waals surface area contributed by atoms with Crippen LogP contribution in [0.25, 0.3) is 16.9 Å². The molecule has 0 bridgehead atoms. The maximum Gasteiger partial charge on any atom is 0.455 e. The highest BCUT2D eigenvalue weighted by molar-refractivity contribution is 6.34. The summed E-state index contributed by atoms with van der Waals surface area (Å²) in [7, 11) is 0. The first-order valence-corrected chi connectivity index (χ1v) is 9.36. The lowest BCUT2D eigenvalue weighted by atomic mass is 10.1. The van der Waals surface area contributed by atoms with Crippen LogP contribution in [0.15, 0.2) is 48.5 Å². The maximum absolute atomic E-state index is 13.1. The van der Waals surface area contributed by atoms with Crippen molar-refractivity contribution in [1.82, 2.24) is 9.78 Å². The summed E-state index contributed by atoms with van der Waals surface area (Å²) in [6.07, 6.45) is -5.72. The number of benzene rings is 2. The monoisotopic (exact) mass is 475 g/mol. The van der Waals surface area contributed by atoms with Gasteiger partial charge in [-0.3, -0.25) is 0 Å². The SMILES string of the molecule is N#Cc1nn(-c2ccc(Cl)c(COCC(F)(F)C(F)(F)F)c2)c(-c2ccccc2)c1Cl. The Bertz CT molecular complexity index is 1120. The van der Waals surface area contributed by atoms with Crippen LogP contribution in [0.4, 0.5) is 22.0 Å². The minimum atomic E-state index is -5.72. The molecule has 0 unspecified atom stereocenters. The van der Waals surface area contributed by atoms with Crippen LogP contribution in [-0.2, 0) is 11.3 Å². The fourth-order valence-corrected chi connectivity index (χ4v) is 3.12. The van der Waals surface area contributed by atoms with E-state index in [1.807, 2.05) is 6.07 Å². The second-order valence-corrected chi connectivity index (χ2v) is 7.16. The Balaban J connectivity index is 1.95. The fourth-order valence-electron chi connectivity index (χ4n) is 2.68. The molecule has 4 nitrogen and oxygen atoms in total. The molecule has 2 aromatic carbocycles. The van der Waals surface area contributed by atoms with E-state index in [-0.39, 0.29) is 21.3 Å². The zero-order chi connectivity index (χ0) is 22.8. The molecule has 31 heavy (non-hydrogen) atoms. The molecule has 3 aromatic rings. The van der Waals surface area contributed by atoms with Gasteiger partial charge in [0.05, 0.1) is 18.0 Å². The smallest absolute Gasteiger partial charge is 0.370 e. The molecule has 0 fully saturated rings. The van der Waals surface area contributed by atoms with E-state index in [9.17, 15) is 27.2 Å². The summed E-state index contributed by atoms with van der Waals surface area (Å²) in [5.41, 5.74) is 1.52. The lowest BCUT2D eigenvalue weighted by molar-refractivity contribution is -0.297. The van der Waals surface area contributed by atoms with Crippen LogP contribution in [0.5, 0.6) is 0 Å². The summed E-state index contributed by atoms with van der Waals surface area (Å²) in [5, 5.41) is 13.7. The van der Waals surface area contributed by atoms with Crippen LogP contribution in [0.3, 0.4) is 0 Å². The van der Waals surface area contributed by atoms with Crippen LogP contribution in [-0.4, -0.2) is 28.5 Å². The average Bonchev–Trinajstić information content (AvgIpc) is 3.05. The van der Waals surface area contributed by atoms with Gasteiger partial charge in [0, 0.05) is 10.6 Å². The Labute approximate surface area is 183 Å². The number of alkyl halides is 5. The molecule has 0 atom stereocenters. The number of aromatic nitrogens is 2. The van der Waals surface area contributed by atoms with Gasteiger partial charge in [-0.15, -0.1) is 0 Å². The van der Waals surface area contributed by atoms with Crippen molar-refractivity contribution in [3.8, 4) is 23.0 Å². The quantitative estimate of drug-likeness (QED) is 0.386. The lowest BCUT2D eigenvalue weighted by Crippen LogP contribution is -2.40. The maximum atomic E-state index is 13.1. The summed E-state index contributed by atoms with van der Waals surface area (Å²) in [5.74, 6) is -4.99. The molecule has 0 saturated heterocycles. The van der Waals surface area contributed by atoms with Gasteiger partial charge in [-0.2, -0.15) is 32.3 Å². The molecular weight excluding hydrogens is 464 g/mol. The minimum absolute atomic E-state index is 0.0434. The molecule has 1 aromatic heterocycles. The Hall–Kier alpha value is -2.67. The van der Waals surface area contributed by atoms with Crippen LogP contribution in [0, 0.1) is 11.3 Å². The number of rotatable bonds is 6. The molecule has 0 aliphatic heterocycles. The average molecular weight is 476 g/mol. The highest BCUT2D eigenvalue weighted by Crippen LogP contribution is 2.36. The van der Waals surface area contributed by atoms with Gasteiger partial charge in [-0.25, -0.2) is 4.68 Å². The van der Waals surface area contributed by atoms with Gasteiger partial charge >= 0.3 is 12.1 Å². The van der Waals surface area contributed by atoms with Crippen LogP contribution in [0.1, 0.15) is 11.3 Å². The third-order valence-electron chi connectivity index (χ3n) is 4.21. The molecule has 0 saturated carbocycles. The summed E-state index contributed by atoms with van der Waals surface area (Å²) >= 11 is 12.4. The molecular formula is C20H12Cl2F5N3O. The second kappa shape index (κ2) is 8.83. The van der Waals surface area contributed by atoms with E-state index >= 15 is 0 Å². The Kier molecular flexibility index (Phi) is 6.55. The van der Waals surface area contributed by atoms with Gasteiger partial charge in [0.25, 0.3) is 0 Å². The molecule has 1 heterocycles. The zero-order valence-corrected chi connectivity index (χ0v) is 16.9. The number of nitriles is 1. The van der Waals surface area contributed by atoms with Crippen molar-refractivity contribution >= 4 is 23.2 Å². The largest absolute Gasteiger partial charge is 0.455 e. The number of ether oxygens (including phenoxy) is 1. The molecule has 0 aliphatic carbocycles. The van der Waals surface area contributed by atoms with Gasteiger partial charge in [0.1, 0.15) is 17.7 Å². The topological polar surface area (TPSA) is 50.8 Å². The Morgan fingerprint density at radius 2 is 1.71 bits per heavy atom. The van der Waals surface area contributed by atoms with Crippen molar-refractivity contribution in [2.75, 3.05) is 6.61 Å². The zero-order valence-electron chi connectivity index (χ0n) is 15.4. The molecule has 3 rings (SSSR count). The van der Waals surface area contributed by atoms with E-state index in [0.29, 0.717) is 16.9 Å². The van der Waals surface area contributed by atoms with Crippen LogP contribution < -0.4 is 0 Å². The van der Waals surface area contributed by atoms with Crippen molar-refractivity contribution < 1.29 is 26.7 Å². The van der Waals surface area contributed by atoms with Crippen molar-refractivity contribution in [1.29, 1.82) is 5.26 Å². The van der Waals surface area contributed by atoms with Crippen molar-refractivity contribution in [2.45, 2.75) is 18.7 Å². The Morgan fingerprint density at radius 1 is 1.03 bits per heavy atom. The van der Waals surface area contributed by atoms with Crippen molar-refractivity contribution in [3.05, 3.63) is 69.8 Å². The molecule has 0 N–H and O–H groups in total. The van der Waals surface area contributed by atoms with Gasteiger partial charge < -0.3 is 4.74 Å². The van der Waals surface area contributed by atoms with E-state index < -0.39 is 25.3 Å². The lowest BCUT2D eigenvalue weighted by Gasteiger charge is -2.19. The first-order valence-electron chi connectivity index (χ1n) is 8.60. The fraction of sp³-hybridized carbons (Fsp3) is 0.200. The molecule has 0 amide bonds. The van der Waals surface area contributed by atoms with Gasteiger partial charge in [0.2, 0.25) is 0 Å². The summed E-state index contributed by atoms with van der Waals surface area (Å²) in [4.78, 5) is 0. The third-order valence-corrected chi connectivity index (χ3v) is 4.94. The van der Waals surface area contributed by atoms with E-state index in [1.165, 1.54) is 22.9 Å². The number of hydrogen-bond donors (Lipinski definition) is 0. The van der Waals surface area contributed by atoms with Gasteiger partial charge in [0.15, 0.2) is 5.69 Å². The molecule has 162 valence electrons. The van der Waals surface area contributed by atoms with Crippen LogP contribution in [0.2, 0.25) is 10.0 Å². The predicted octanol–water partition coefficient (Wildman–Crippen LogP) is 6.43. The third kappa shape index (κ3) is 4.82. The summed E-state index contributed by atoms with van der Waals surface area (Å²) in [6.45, 7) is -2.45. The van der Waals surface area contributed by atoms with E-state index in [0.717, 1.165) is 0 Å². The van der Waals surface area contributed by atoms with E-state index in [4.69, 9.17) is 23.2 Å². The standard InChI is InChI=1S/C20H12Cl2F5N3O/c21-15-7-6-14(8-13(15)10-31-11-19(23,24)20(25,26)27)30-18(12-4-2-1-3-5-12)17(22)16(9-28)29-30/h1-8H,10-11H2. The van der Waals surface area contributed by atoms with Gasteiger partial charge in [-0.1, -0.05) is 53.5 Å². The van der Waals surface area contributed by atoms with E-state index in [2.05, 4.69) is 9.84 Å². The Morgan fingerprint density at radius 3 is 2.32 bits per heavy atom. The summed E-state index contributed by atoms with van der Waals surface area (Å²) < 4.78 is 69.0. The second-order valence-electron chi connectivity index (χ2n) is 6.37. The first kappa shape index (κ1) is 23.0. The van der Waals surface area contributed by atoms with Crippen molar-refractivity contribution in [2.24, 2.45) is 0 Å². The minimum Gasteiger partial charge on any atom is -0.370 e.